The Bertz CT molecular complexity index is 633. The molecule has 26 heavy (non-hydrogen) atoms. The van der Waals surface area contributed by atoms with Crippen LogP contribution in [-0.4, -0.2) is 31.1 Å². The van der Waals surface area contributed by atoms with Crippen LogP contribution >= 0.6 is 35.3 Å². The number of nitrogens with zero attached hydrogens (tertiary/aromatic N) is 2. The third kappa shape index (κ3) is 8.95. The number of aliphatic imine (C=N–C) groups is 1. The topological polar surface area (TPSA) is 58.5 Å². The zero-order valence-electron chi connectivity index (χ0n) is 15.5. The van der Waals surface area contributed by atoms with Gasteiger partial charge in [0.15, 0.2) is 5.96 Å². The van der Waals surface area contributed by atoms with Crippen LogP contribution in [0.1, 0.15) is 35.2 Å². The average molecular weight is 488 g/mol. The fraction of sp³-hybridized carbons (Fsp3) is 0.474. The number of halogens is 1. The molecule has 0 amide bonds. The highest BCUT2D eigenvalue weighted by atomic mass is 127. The van der Waals surface area contributed by atoms with Crippen LogP contribution in [0.15, 0.2) is 41.5 Å². The summed E-state index contributed by atoms with van der Waals surface area (Å²) in [6.45, 7) is 5.21. The number of aromatic nitrogens is 1. The number of ether oxygens (including phenoxy) is 1. The Labute approximate surface area is 177 Å². The Hall–Kier alpha value is -1.19. The van der Waals surface area contributed by atoms with Crippen molar-refractivity contribution in [2.24, 2.45) is 4.99 Å². The third-order valence-corrected chi connectivity index (χ3v) is 4.84. The van der Waals surface area contributed by atoms with Crippen molar-refractivity contribution in [3.63, 3.8) is 0 Å². The standard InChI is InChI=1S/C19H28N4OS.HI/c1-3-17-13-22-18(25-17)14-23-19(20-2)21-11-7-8-12-24-15-16-9-5-4-6-10-16;/h4-6,9-10,13H,3,7-8,11-12,14-15H2,1-2H3,(H2,20,21,23);1H. The van der Waals surface area contributed by atoms with Gasteiger partial charge in [-0.15, -0.1) is 35.3 Å². The van der Waals surface area contributed by atoms with Crippen LogP contribution in [0.2, 0.25) is 0 Å². The molecule has 1 aromatic heterocycles. The van der Waals surface area contributed by atoms with Crippen LogP contribution in [0.3, 0.4) is 0 Å². The SMILES string of the molecule is CCc1cnc(CNC(=NC)NCCCCOCc2ccccc2)s1.I. The zero-order chi connectivity index (χ0) is 17.7. The fourth-order valence-electron chi connectivity index (χ4n) is 2.27. The minimum Gasteiger partial charge on any atom is -0.377 e. The molecule has 2 aromatic rings. The summed E-state index contributed by atoms with van der Waals surface area (Å²) < 4.78 is 5.69. The molecule has 7 heteroatoms. The molecule has 1 aromatic carbocycles. The van der Waals surface area contributed by atoms with Gasteiger partial charge in [-0.1, -0.05) is 37.3 Å². The first kappa shape index (κ1) is 22.9. The molecule has 0 bridgehead atoms. The van der Waals surface area contributed by atoms with Crippen molar-refractivity contribution in [1.29, 1.82) is 0 Å². The van der Waals surface area contributed by atoms with Crippen LogP contribution in [0.25, 0.3) is 0 Å². The summed E-state index contributed by atoms with van der Waals surface area (Å²) in [4.78, 5) is 9.96. The van der Waals surface area contributed by atoms with Crippen molar-refractivity contribution in [1.82, 2.24) is 15.6 Å². The monoisotopic (exact) mass is 488 g/mol. The maximum absolute atomic E-state index is 5.69. The van der Waals surface area contributed by atoms with Gasteiger partial charge in [0.05, 0.1) is 13.2 Å². The van der Waals surface area contributed by atoms with Crippen molar-refractivity contribution in [2.75, 3.05) is 20.2 Å². The van der Waals surface area contributed by atoms with Crippen LogP contribution in [0.4, 0.5) is 0 Å². The second-order valence-electron chi connectivity index (χ2n) is 5.67. The number of rotatable bonds is 10. The van der Waals surface area contributed by atoms with Crippen LogP contribution in [0.5, 0.6) is 0 Å². The molecular formula is C19H29IN4OS. The predicted octanol–water partition coefficient (Wildman–Crippen LogP) is 3.99. The van der Waals surface area contributed by atoms with E-state index in [1.54, 1.807) is 18.4 Å². The smallest absolute Gasteiger partial charge is 0.191 e. The molecule has 0 saturated carbocycles. The molecule has 2 rings (SSSR count). The van der Waals surface area contributed by atoms with Gasteiger partial charge in [-0.05, 0) is 24.8 Å². The van der Waals surface area contributed by atoms with E-state index < -0.39 is 0 Å². The molecule has 0 saturated heterocycles. The van der Waals surface area contributed by atoms with E-state index >= 15 is 0 Å². The van der Waals surface area contributed by atoms with Gasteiger partial charge in [0.1, 0.15) is 5.01 Å². The summed E-state index contributed by atoms with van der Waals surface area (Å²) in [6.07, 6.45) is 5.07. The summed E-state index contributed by atoms with van der Waals surface area (Å²) in [7, 11) is 1.79. The van der Waals surface area contributed by atoms with Crippen molar-refractivity contribution in [3.05, 3.63) is 52.0 Å². The summed E-state index contributed by atoms with van der Waals surface area (Å²) in [6, 6.07) is 10.3. The van der Waals surface area contributed by atoms with Crippen LogP contribution in [-0.2, 0) is 24.3 Å². The molecule has 0 atom stereocenters. The first-order valence-corrected chi connectivity index (χ1v) is 9.63. The summed E-state index contributed by atoms with van der Waals surface area (Å²) >= 11 is 1.75. The zero-order valence-corrected chi connectivity index (χ0v) is 18.7. The Balaban J connectivity index is 0.00000338. The van der Waals surface area contributed by atoms with Gasteiger partial charge >= 0.3 is 0 Å². The minimum atomic E-state index is 0. The van der Waals surface area contributed by atoms with Crippen LogP contribution < -0.4 is 10.6 Å². The first-order valence-electron chi connectivity index (χ1n) is 8.81. The van der Waals surface area contributed by atoms with Crippen molar-refractivity contribution < 1.29 is 4.74 Å². The van der Waals surface area contributed by atoms with Gasteiger partial charge in [0.25, 0.3) is 0 Å². The predicted molar refractivity (Wildman–Crippen MR) is 120 cm³/mol. The lowest BCUT2D eigenvalue weighted by atomic mass is 10.2. The molecule has 0 radical (unpaired) electrons. The fourth-order valence-corrected chi connectivity index (χ4v) is 3.08. The first-order chi connectivity index (χ1) is 12.3. The van der Waals surface area contributed by atoms with E-state index in [2.05, 4.69) is 39.7 Å². The minimum absolute atomic E-state index is 0. The van der Waals surface area contributed by atoms with E-state index in [0.717, 1.165) is 43.4 Å². The number of hydrogen-bond acceptors (Lipinski definition) is 4. The molecule has 0 unspecified atom stereocenters. The number of thiazole rings is 1. The molecule has 0 aliphatic rings. The Kier molecular flexibility index (Phi) is 12.3. The van der Waals surface area contributed by atoms with Crippen molar-refractivity contribution in [2.45, 2.75) is 39.3 Å². The van der Waals surface area contributed by atoms with E-state index in [0.29, 0.717) is 13.2 Å². The third-order valence-electron chi connectivity index (χ3n) is 3.70. The number of benzene rings is 1. The van der Waals surface area contributed by atoms with Gasteiger partial charge in [-0.25, -0.2) is 4.98 Å². The van der Waals surface area contributed by atoms with Gasteiger partial charge < -0.3 is 15.4 Å². The maximum Gasteiger partial charge on any atom is 0.191 e. The van der Waals surface area contributed by atoms with Crippen molar-refractivity contribution >= 4 is 41.3 Å². The second kappa shape index (κ2) is 13.9. The number of nitrogens with one attached hydrogen (secondary N) is 2. The second-order valence-corrected chi connectivity index (χ2v) is 6.87. The maximum atomic E-state index is 5.69. The quantitative estimate of drug-likeness (QED) is 0.230. The number of aryl methyl sites for hydroxylation is 1. The van der Waals surface area contributed by atoms with Gasteiger partial charge in [0.2, 0.25) is 0 Å². The van der Waals surface area contributed by atoms with Gasteiger partial charge in [-0.3, -0.25) is 4.99 Å². The van der Waals surface area contributed by atoms with Gasteiger partial charge in [-0.2, -0.15) is 0 Å². The Morgan fingerprint density at radius 1 is 1.19 bits per heavy atom. The molecule has 0 aliphatic carbocycles. The molecule has 1 heterocycles. The molecule has 0 fully saturated rings. The number of unbranched alkanes of at least 4 members (excludes halogenated alkanes) is 1. The lowest BCUT2D eigenvalue weighted by molar-refractivity contribution is 0.117. The van der Waals surface area contributed by atoms with E-state index in [1.807, 2.05) is 24.4 Å². The highest BCUT2D eigenvalue weighted by molar-refractivity contribution is 14.0. The summed E-state index contributed by atoms with van der Waals surface area (Å²) in [5.41, 5.74) is 1.22. The number of hydrogen-bond donors (Lipinski definition) is 2. The van der Waals surface area contributed by atoms with E-state index in [-0.39, 0.29) is 24.0 Å². The van der Waals surface area contributed by atoms with E-state index in [1.165, 1.54) is 10.4 Å². The van der Waals surface area contributed by atoms with E-state index in [9.17, 15) is 0 Å². The largest absolute Gasteiger partial charge is 0.377 e. The molecule has 5 nitrogen and oxygen atoms in total. The summed E-state index contributed by atoms with van der Waals surface area (Å²) in [5.74, 6) is 0.818. The van der Waals surface area contributed by atoms with Crippen LogP contribution in [0, 0.1) is 0 Å². The van der Waals surface area contributed by atoms with Gasteiger partial charge in [0, 0.05) is 31.3 Å². The Morgan fingerprint density at radius 3 is 2.69 bits per heavy atom. The highest BCUT2D eigenvalue weighted by Crippen LogP contribution is 2.12. The summed E-state index contributed by atoms with van der Waals surface area (Å²) in [5, 5.41) is 7.72. The molecule has 144 valence electrons. The lowest BCUT2D eigenvalue weighted by Gasteiger charge is -2.11. The molecular weight excluding hydrogens is 459 g/mol. The normalized spacial score (nSPS) is 11.1. The highest BCUT2D eigenvalue weighted by Gasteiger charge is 2.02. The molecule has 0 aliphatic heterocycles. The number of guanidine groups is 1. The lowest BCUT2D eigenvalue weighted by Crippen LogP contribution is -2.37. The van der Waals surface area contributed by atoms with E-state index in [4.69, 9.17) is 4.74 Å². The average Bonchev–Trinajstić information content (AvgIpc) is 3.12. The molecule has 0 spiro atoms. The Morgan fingerprint density at radius 2 is 2.00 bits per heavy atom. The van der Waals surface area contributed by atoms with Crippen molar-refractivity contribution in [3.8, 4) is 0 Å². The molecule has 2 N–H and O–H groups in total.